The lowest BCUT2D eigenvalue weighted by Crippen LogP contribution is -2.23. The van der Waals surface area contributed by atoms with E-state index in [9.17, 15) is 0 Å². The van der Waals surface area contributed by atoms with Gasteiger partial charge in [0.2, 0.25) is 0 Å². The Morgan fingerprint density at radius 3 is 3.11 bits per heavy atom. The highest BCUT2D eigenvalue weighted by molar-refractivity contribution is 6.31. The van der Waals surface area contributed by atoms with Gasteiger partial charge in [-0.15, -0.1) is 0 Å². The van der Waals surface area contributed by atoms with E-state index >= 15 is 0 Å². The Bertz CT molecular complexity index is 380. The van der Waals surface area contributed by atoms with E-state index < -0.39 is 0 Å². The largest absolute Gasteiger partial charge is 0.383 e. The fourth-order valence-electron chi connectivity index (χ4n) is 3.00. The van der Waals surface area contributed by atoms with Crippen LogP contribution in [-0.2, 0) is 11.3 Å². The summed E-state index contributed by atoms with van der Waals surface area (Å²) >= 11 is 6.32. The van der Waals surface area contributed by atoms with Gasteiger partial charge in [-0.25, -0.2) is 0 Å². The molecule has 1 heterocycles. The lowest BCUT2D eigenvalue weighted by atomic mass is 9.92. The van der Waals surface area contributed by atoms with Gasteiger partial charge in [0.15, 0.2) is 0 Å². The van der Waals surface area contributed by atoms with Crippen molar-refractivity contribution in [1.82, 2.24) is 15.1 Å². The van der Waals surface area contributed by atoms with Gasteiger partial charge in [0.25, 0.3) is 0 Å². The first-order chi connectivity index (χ1) is 8.77. The van der Waals surface area contributed by atoms with Gasteiger partial charge in [-0.05, 0) is 32.4 Å². The maximum Gasteiger partial charge on any atom is 0.0820 e. The predicted octanol–water partition coefficient (Wildman–Crippen LogP) is 2.29. The Morgan fingerprint density at radius 1 is 1.56 bits per heavy atom. The van der Waals surface area contributed by atoms with Crippen LogP contribution in [0.15, 0.2) is 6.20 Å². The van der Waals surface area contributed by atoms with Crippen molar-refractivity contribution < 1.29 is 4.74 Å². The van der Waals surface area contributed by atoms with Crippen LogP contribution in [0, 0.1) is 5.92 Å². The number of methoxy groups -OCH3 is 1. The number of hydrogen-bond acceptors (Lipinski definition) is 3. The molecule has 2 unspecified atom stereocenters. The highest BCUT2D eigenvalue weighted by Crippen LogP contribution is 2.41. The summed E-state index contributed by atoms with van der Waals surface area (Å²) < 4.78 is 7.15. The zero-order chi connectivity index (χ0) is 13.0. The van der Waals surface area contributed by atoms with E-state index in [0.717, 1.165) is 18.1 Å². The monoisotopic (exact) mass is 271 g/mol. The molecule has 18 heavy (non-hydrogen) atoms. The number of ether oxygens (including phenoxy) is 1. The quantitative estimate of drug-likeness (QED) is 0.863. The molecule has 1 aliphatic rings. The SMILES string of the molecule is CNCC1CCCC1c1c(Cl)cnn1CCOC. The second-order valence-electron chi connectivity index (χ2n) is 4.95. The normalized spacial score (nSPS) is 23.7. The standard InChI is InChI=1S/C13H22ClN3O/c1-15-8-10-4-3-5-11(10)13-12(14)9-16-17(13)6-7-18-2/h9-11,15H,3-8H2,1-2H3. The van der Waals surface area contributed by atoms with Crippen molar-refractivity contribution in [2.24, 2.45) is 5.92 Å². The van der Waals surface area contributed by atoms with Crippen LogP contribution in [0.25, 0.3) is 0 Å². The van der Waals surface area contributed by atoms with Gasteiger partial charge in [-0.1, -0.05) is 18.0 Å². The zero-order valence-electron chi connectivity index (χ0n) is 11.2. The molecule has 2 rings (SSSR count). The van der Waals surface area contributed by atoms with Crippen LogP contribution < -0.4 is 5.32 Å². The minimum absolute atomic E-state index is 0.532. The zero-order valence-corrected chi connectivity index (χ0v) is 11.9. The van der Waals surface area contributed by atoms with Gasteiger partial charge in [0.1, 0.15) is 0 Å². The highest BCUT2D eigenvalue weighted by atomic mass is 35.5. The minimum atomic E-state index is 0.532. The van der Waals surface area contributed by atoms with Crippen molar-refractivity contribution in [1.29, 1.82) is 0 Å². The van der Waals surface area contributed by atoms with Crippen LogP contribution >= 0.6 is 11.6 Å². The summed E-state index contributed by atoms with van der Waals surface area (Å²) in [4.78, 5) is 0. The van der Waals surface area contributed by atoms with Gasteiger partial charge in [0.05, 0.1) is 30.1 Å². The molecule has 1 saturated carbocycles. The third-order valence-corrected chi connectivity index (χ3v) is 4.11. The highest BCUT2D eigenvalue weighted by Gasteiger charge is 2.32. The number of hydrogen-bond donors (Lipinski definition) is 1. The lowest BCUT2D eigenvalue weighted by Gasteiger charge is -2.21. The molecule has 2 atom stereocenters. The Hall–Kier alpha value is -0.580. The summed E-state index contributed by atoms with van der Waals surface area (Å²) in [7, 11) is 3.73. The first kappa shape index (κ1) is 13.8. The fourth-order valence-corrected chi connectivity index (χ4v) is 3.28. The summed E-state index contributed by atoms with van der Waals surface area (Å²) in [6.07, 6.45) is 5.53. The van der Waals surface area contributed by atoms with Crippen molar-refractivity contribution in [3.63, 3.8) is 0 Å². The van der Waals surface area contributed by atoms with E-state index in [1.54, 1.807) is 13.3 Å². The van der Waals surface area contributed by atoms with Gasteiger partial charge in [0, 0.05) is 13.0 Å². The smallest absolute Gasteiger partial charge is 0.0820 e. The molecule has 0 bridgehead atoms. The van der Waals surface area contributed by atoms with Crippen molar-refractivity contribution in [2.45, 2.75) is 31.7 Å². The van der Waals surface area contributed by atoms with Crippen molar-refractivity contribution in [3.8, 4) is 0 Å². The van der Waals surface area contributed by atoms with Crippen LogP contribution in [0.3, 0.4) is 0 Å². The predicted molar refractivity (Wildman–Crippen MR) is 73.1 cm³/mol. The molecule has 0 radical (unpaired) electrons. The molecular weight excluding hydrogens is 250 g/mol. The summed E-state index contributed by atoms with van der Waals surface area (Å²) in [5, 5.41) is 8.47. The van der Waals surface area contributed by atoms with Gasteiger partial charge in [-0.3, -0.25) is 4.68 Å². The summed E-state index contributed by atoms with van der Waals surface area (Å²) in [5.41, 5.74) is 1.20. The average Bonchev–Trinajstić information content (AvgIpc) is 2.94. The minimum Gasteiger partial charge on any atom is -0.383 e. The second-order valence-corrected chi connectivity index (χ2v) is 5.36. The molecule has 4 nitrogen and oxygen atoms in total. The third-order valence-electron chi connectivity index (χ3n) is 3.82. The third kappa shape index (κ3) is 2.87. The Morgan fingerprint density at radius 2 is 2.39 bits per heavy atom. The number of nitrogens with zero attached hydrogens (tertiary/aromatic N) is 2. The molecule has 0 spiro atoms. The van der Waals surface area contributed by atoms with E-state index in [1.807, 2.05) is 11.7 Å². The van der Waals surface area contributed by atoms with Crippen LogP contribution in [0.4, 0.5) is 0 Å². The number of rotatable bonds is 6. The van der Waals surface area contributed by atoms with Crippen LogP contribution in [0.2, 0.25) is 5.02 Å². The molecule has 102 valence electrons. The molecule has 0 aromatic carbocycles. The van der Waals surface area contributed by atoms with E-state index in [-0.39, 0.29) is 0 Å². The molecule has 0 saturated heterocycles. The molecule has 0 amide bonds. The molecule has 5 heteroatoms. The number of aromatic nitrogens is 2. The van der Waals surface area contributed by atoms with Crippen molar-refractivity contribution in [2.75, 3.05) is 27.3 Å². The molecule has 1 aromatic heterocycles. The molecule has 1 N–H and O–H groups in total. The maximum atomic E-state index is 6.32. The summed E-state index contributed by atoms with van der Waals surface area (Å²) in [6, 6.07) is 0. The Kier molecular flexibility index (Phi) is 5.03. The average molecular weight is 272 g/mol. The summed E-state index contributed by atoms with van der Waals surface area (Å²) in [5.74, 6) is 1.20. The molecular formula is C13H22ClN3O. The number of nitrogens with one attached hydrogen (secondary N) is 1. The number of halogens is 1. The van der Waals surface area contributed by atoms with Gasteiger partial charge < -0.3 is 10.1 Å². The lowest BCUT2D eigenvalue weighted by molar-refractivity contribution is 0.181. The molecule has 1 aromatic rings. The topological polar surface area (TPSA) is 39.1 Å². The van der Waals surface area contributed by atoms with Crippen molar-refractivity contribution in [3.05, 3.63) is 16.9 Å². The van der Waals surface area contributed by atoms with Crippen LogP contribution in [0.1, 0.15) is 30.9 Å². The first-order valence-electron chi connectivity index (χ1n) is 6.62. The van der Waals surface area contributed by atoms with Gasteiger partial charge >= 0.3 is 0 Å². The van der Waals surface area contributed by atoms with E-state index in [4.69, 9.17) is 16.3 Å². The molecule has 0 aliphatic heterocycles. The van der Waals surface area contributed by atoms with E-state index in [0.29, 0.717) is 18.4 Å². The van der Waals surface area contributed by atoms with E-state index in [1.165, 1.54) is 25.0 Å². The first-order valence-corrected chi connectivity index (χ1v) is 7.00. The van der Waals surface area contributed by atoms with Crippen molar-refractivity contribution >= 4 is 11.6 Å². The summed E-state index contributed by atoms with van der Waals surface area (Å²) in [6.45, 7) is 2.51. The fraction of sp³-hybridized carbons (Fsp3) is 0.769. The molecule has 1 aliphatic carbocycles. The second kappa shape index (κ2) is 6.55. The Labute approximate surface area is 114 Å². The van der Waals surface area contributed by atoms with E-state index in [2.05, 4.69) is 10.4 Å². The van der Waals surface area contributed by atoms with Gasteiger partial charge in [-0.2, -0.15) is 5.10 Å². The molecule has 1 fully saturated rings. The maximum absolute atomic E-state index is 6.32. The van der Waals surface area contributed by atoms with Crippen LogP contribution in [-0.4, -0.2) is 37.1 Å². The Balaban J connectivity index is 2.17. The van der Waals surface area contributed by atoms with Crippen LogP contribution in [0.5, 0.6) is 0 Å².